The third-order valence-corrected chi connectivity index (χ3v) is 7.89. The predicted molar refractivity (Wildman–Crippen MR) is 118 cm³/mol. The Balaban J connectivity index is 1.46. The molecule has 0 radical (unpaired) electrons. The molecule has 0 atom stereocenters. The number of amides is 1. The van der Waals surface area contributed by atoms with Crippen LogP contribution in [0.5, 0.6) is 0 Å². The molecule has 1 aromatic rings. The fraction of sp³-hybridized carbons (Fsp3) is 0.696. The molecular formula is C23H36N2O4S. The predicted octanol–water partition coefficient (Wildman–Crippen LogP) is 3.15. The Morgan fingerprint density at radius 1 is 1.17 bits per heavy atom. The van der Waals surface area contributed by atoms with Gasteiger partial charge in [-0.25, -0.2) is 8.42 Å². The first-order valence-electron chi connectivity index (χ1n) is 11.4. The quantitative estimate of drug-likeness (QED) is 0.604. The van der Waals surface area contributed by atoms with Gasteiger partial charge in [0.15, 0.2) is 0 Å². The average molecular weight is 437 g/mol. The van der Waals surface area contributed by atoms with Crippen LogP contribution in [-0.2, 0) is 32.4 Å². The highest BCUT2D eigenvalue weighted by Crippen LogP contribution is 2.28. The van der Waals surface area contributed by atoms with Crippen LogP contribution in [0.1, 0.15) is 57.1 Å². The second kappa shape index (κ2) is 10.7. The molecule has 1 heterocycles. The first-order valence-corrected chi connectivity index (χ1v) is 12.8. The number of carbonyl (C=O) groups is 1. The largest absolute Gasteiger partial charge is 0.381 e. The monoisotopic (exact) mass is 436 g/mol. The number of carbonyl (C=O) groups excluding carboxylic acids is 1. The molecular weight excluding hydrogens is 400 g/mol. The maximum Gasteiger partial charge on any atom is 0.243 e. The molecule has 1 aliphatic heterocycles. The van der Waals surface area contributed by atoms with Crippen molar-refractivity contribution in [3.05, 3.63) is 29.3 Å². The van der Waals surface area contributed by atoms with Crippen LogP contribution in [0.4, 0.5) is 0 Å². The molecule has 0 bridgehead atoms. The number of hydrogen-bond donors (Lipinski definition) is 1. The molecule has 30 heavy (non-hydrogen) atoms. The van der Waals surface area contributed by atoms with E-state index in [0.29, 0.717) is 49.9 Å². The molecule has 1 aliphatic carbocycles. The molecule has 1 amide bonds. The Morgan fingerprint density at radius 2 is 1.87 bits per heavy atom. The van der Waals surface area contributed by atoms with Gasteiger partial charge in [0.05, 0.1) is 4.90 Å². The zero-order valence-electron chi connectivity index (χ0n) is 18.4. The highest BCUT2D eigenvalue weighted by molar-refractivity contribution is 7.89. The molecule has 1 N–H and O–H groups in total. The maximum absolute atomic E-state index is 13.1. The van der Waals surface area contributed by atoms with E-state index in [0.717, 1.165) is 32.3 Å². The van der Waals surface area contributed by atoms with Gasteiger partial charge in [0.2, 0.25) is 15.9 Å². The highest BCUT2D eigenvalue weighted by Gasteiger charge is 2.32. The number of piperidine rings is 1. The summed E-state index contributed by atoms with van der Waals surface area (Å²) in [6, 6.07) is 5.59. The second-order valence-electron chi connectivity index (χ2n) is 8.93. The lowest BCUT2D eigenvalue weighted by Crippen LogP contribution is -2.43. The van der Waals surface area contributed by atoms with Crippen LogP contribution in [0, 0.1) is 11.8 Å². The van der Waals surface area contributed by atoms with Crippen molar-refractivity contribution in [1.29, 1.82) is 0 Å². The van der Waals surface area contributed by atoms with Crippen LogP contribution in [0.2, 0.25) is 0 Å². The standard InChI is InChI=1S/C23H36N2O4S/c1-18(2)17-29-15-5-12-24-23(26)20-10-13-25(14-11-20)30(27,28)22-9-8-19-6-3-4-7-21(19)16-22/h8-9,16,18,20H,3-7,10-15,17H2,1-2H3,(H,24,26). The van der Waals surface area contributed by atoms with Crippen LogP contribution in [0.25, 0.3) is 0 Å². The molecule has 7 heteroatoms. The Morgan fingerprint density at radius 3 is 2.57 bits per heavy atom. The first-order chi connectivity index (χ1) is 14.4. The smallest absolute Gasteiger partial charge is 0.243 e. The summed E-state index contributed by atoms with van der Waals surface area (Å²) in [5, 5.41) is 2.97. The van der Waals surface area contributed by atoms with Crippen molar-refractivity contribution in [2.75, 3.05) is 32.8 Å². The molecule has 168 valence electrons. The van der Waals surface area contributed by atoms with E-state index in [9.17, 15) is 13.2 Å². The van der Waals surface area contributed by atoms with E-state index in [-0.39, 0.29) is 11.8 Å². The SMILES string of the molecule is CC(C)COCCCNC(=O)C1CCN(S(=O)(=O)c2ccc3c(c2)CCCC3)CC1. The Hall–Kier alpha value is -1.44. The number of sulfonamides is 1. The Bertz CT molecular complexity index is 814. The van der Waals surface area contributed by atoms with E-state index in [1.54, 1.807) is 10.4 Å². The number of nitrogens with one attached hydrogen (secondary N) is 1. The topological polar surface area (TPSA) is 75.7 Å². The minimum Gasteiger partial charge on any atom is -0.381 e. The summed E-state index contributed by atoms with van der Waals surface area (Å²) in [4.78, 5) is 12.8. The summed E-state index contributed by atoms with van der Waals surface area (Å²) >= 11 is 0. The fourth-order valence-corrected chi connectivity index (χ4v) is 5.75. The van der Waals surface area contributed by atoms with E-state index < -0.39 is 10.0 Å². The number of rotatable bonds is 9. The third-order valence-electron chi connectivity index (χ3n) is 6.00. The van der Waals surface area contributed by atoms with Gasteiger partial charge in [0, 0.05) is 38.8 Å². The van der Waals surface area contributed by atoms with Crippen LogP contribution in [0.15, 0.2) is 23.1 Å². The molecule has 6 nitrogen and oxygen atoms in total. The minimum absolute atomic E-state index is 0.0321. The van der Waals surface area contributed by atoms with Crippen LogP contribution in [-0.4, -0.2) is 51.5 Å². The van der Waals surface area contributed by atoms with Crippen molar-refractivity contribution in [3.8, 4) is 0 Å². The summed E-state index contributed by atoms with van der Waals surface area (Å²) in [7, 11) is -3.49. The van der Waals surface area contributed by atoms with E-state index in [1.165, 1.54) is 17.5 Å². The zero-order chi connectivity index (χ0) is 21.6. The van der Waals surface area contributed by atoms with Gasteiger partial charge in [-0.15, -0.1) is 0 Å². The van der Waals surface area contributed by atoms with Gasteiger partial charge in [0.25, 0.3) is 0 Å². The summed E-state index contributed by atoms with van der Waals surface area (Å²) in [5.74, 6) is 0.434. The summed E-state index contributed by atoms with van der Waals surface area (Å²) in [6.07, 6.45) is 6.24. The number of fused-ring (bicyclic) bond motifs is 1. The van der Waals surface area contributed by atoms with Crippen molar-refractivity contribution < 1.29 is 17.9 Å². The first kappa shape index (κ1) is 23.2. The van der Waals surface area contributed by atoms with E-state index in [1.807, 2.05) is 12.1 Å². The van der Waals surface area contributed by atoms with Crippen molar-refractivity contribution in [1.82, 2.24) is 9.62 Å². The van der Waals surface area contributed by atoms with E-state index in [4.69, 9.17) is 4.74 Å². The lowest BCUT2D eigenvalue weighted by Gasteiger charge is -2.31. The normalized spacial score (nSPS) is 18.4. The van der Waals surface area contributed by atoms with Crippen molar-refractivity contribution in [2.24, 2.45) is 11.8 Å². The van der Waals surface area contributed by atoms with E-state index in [2.05, 4.69) is 19.2 Å². The zero-order valence-corrected chi connectivity index (χ0v) is 19.2. The van der Waals surface area contributed by atoms with Crippen LogP contribution in [0.3, 0.4) is 0 Å². The van der Waals surface area contributed by atoms with E-state index >= 15 is 0 Å². The number of ether oxygens (including phenoxy) is 1. The Labute approximate surface area is 181 Å². The lowest BCUT2D eigenvalue weighted by molar-refractivity contribution is -0.126. The molecule has 0 spiro atoms. The number of nitrogens with zero attached hydrogens (tertiary/aromatic N) is 1. The molecule has 0 unspecified atom stereocenters. The van der Waals surface area contributed by atoms with Crippen molar-refractivity contribution >= 4 is 15.9 Å². The van der Waals surface area contributed by atoms with Crippen LogP contribution >= 0.6 is 0 Å². The highest BCUT2D eigenvalue weighted by atomic mass is 32.2. The molecule has 0 saturated carbocycles. The summed E-state index contributed by atoms with van der Waals surface area (Å²) < 4.78 is 33.2. The Kier molecular flexibility index (Phi) is 8.31. The fourth-order valence-electron chi connectivity index (χ4n) is 4.23. The van der Waals surface area contributed by atoms with Crippen molar-refractivity contribution in [2.45, 2.75) is 63.7 Å². The molecule has 1 saturated heterocycles. The van der Waals surface area contributed by atoms with Gasteiger partial charge in [-0.05, 0) is 74.1 Å². The van der Waals surface area contributed by atoms with Gasteiger partial charge in [-0.1, -0.05) is 19.9 Å². The maximum atomic E-state index is 13.1. The van der Waals surface area contributed by atoms with Gasteiger partial charge < -0.3 is 10.1 Å². The summed E-state index contributed by atoms with van der Waals surface area (Å²) in [5.41, 5.74) is 2.46. The average Bonchev–Trinajstić information content (AvgIpc) is 2.75. The number of benzene rings is 1. The molecule has 0 aromatic heterocycles. The van der Waals surface area contributed by atoms with Gasteiger partial charge in [-0.2, -0.15) is 4.31 Å². The molecule has 1 fully saturated rings. The molecule has 1 aromatic carbocycles. The van der Waals surface area contributed by atoms with Gasteiger partial charge in [0.1, 0.15) is 0 Å². The molecule has 3 rings (SSSR count). The second-order valence-corrected chi connectivity index (χ2v) is 10.9. The van der Waals surface area contributed by atoms with Crippen LogP contribution < -0.4 is 5.32 Å². The van der Waals surface area contributed by atoms with Gasteiger partial charge >= 0.3 is 0 Å². The summed E-state index contributed by atoms with van der Waals surface area (Å²) in [6.45, 7) is 7.01. The number of hydrogen-bond acceptors (Lipinski definition) is 4. The lowest BCUT2D eigenvalue weighted by atomic mass is 9.92. The molecule has 2 aliphatic rings. The van der Waals surface area contributed by atoms with Crippen molar-refractivity contribution in [3.63, 3.8) is 0 Å². The third kappa shape index (κ3) is 6.05. The van der Waals surface area contributed by atoms with Gasteiger partial charge in [-0.3, -0.25) is 4.79 Å². The number of aryl methyl sites for hydroxylation is 2. The minimum atomic E-state index is -3.49.